The molecule has 0 heterocycles. The summed E-state index contributed by atoms with van der Waals surface area (Å²) in [7, 11) is 0. The number of alkyl halides is 5. The summed E-state index contributed by atoms with van der Waals surface area (Å²) in [5.74, 6) is 0.0566. The third-order valence-electron chi connectivity index (χ3n) is 1.98. The quantitative estimate of drug-likeness (QED) is 0.752. The third kappa shape index (κ3) is 4.57. The summed E-state index contributed by atoms with van der Waals surface area (Å²) in [6.07, 6.45) is -11.0. The van der Waals surface area contributed by atoms with Crippen molar-refractivity contribution in [3.05, 3.63) is 24.3 Å². The van der Waals surface area contributed by atoms with Gasteiger partial charge < -0.3 is 9.47 Å². The van der Waals surface area contributed by atoms with E-state index in [9.17, 15) is 22.0 Å². The lowest BCUT2D eigenvalue weighted by molar-refractivity contribution is -0.360. The number of rotatable bonds is 5. The zero-order valence-corrected chi connectivity index (χ0v) is 10.3. The van der Waals surface area contributed by atoms with E-state index in [1.807, 2.05) is 13.8 Å². The van der Waals surface area contributed by atoms with Crippen molar-refractivity contribution in [3.63, 3.8) is 0 Å². The van der Waals surface area contributed by atoms with Crippen LogP contribution in [0.4, 0.5) is 22.0 Å². The van der Waals surface area contributed by atoms with E-state index in [0.717, 1.165) is 12.1 Å². The summed E-state index contributed by atoms with van der Waals surface area (Å²) in [4.78, 5) is 0. The van der Waals surface area contributed by atoms with Crippen molar-refractivity contribution in [1.29, 1.82) is 0 Å². The van der Waals surface area contributed by atoms with Crippen molar-refractivity contribution in [2.24, 2.45) is 5.92 Å². The van der Waals surface area contributed by atoms with E-state index in [2.05, 4.69) is 4.74 Å². The molecule has 0 spiro atoms. The second-order valence-electron chi connectivity index (χ2n) is 4.29. The van der Waals surface area contributed by atoms with E-state index in [-0.39, 0.29) is 5.92 Å². The Morgan fingerprint density at radius 2 is 1.42 bits per heavy atom. The summed E-state index contributed by atoms with van der Waals surface area (Å²) in [5, 5.41) is 0. The van der Waals surface area contributed by atoms with Gasteiger partial charge in [0, 0.05) is 0 Å². The summed E-state index contributed by atoms with van der Waals surface area (Å²) < 4.78 is 69.8. The van der Waals surface area contributed by atoms with Gasteiger partial charge in [0.15, 0.2) is 0 Å². The lowest BCUT2D eigenvalue weighted by atomic mass is 10.2. The van der Waals surface area contributed by atoms with Crippen molar-refractivity contribution in [3.8, 4) is 11.5 Å². The predicted octanol–water partition coefficient (Wildman–Crippen LogP) is 4.26. The Labute approximate surface area is 107 Å². The molecular formula is C12H13F5O2. The van der Waals surface area contributed by atoms with E-state index < -0.39 is 18.0 Å². The van der Waals surface area contributed by atoms with Crippen LogP contribution in [-0.4, -0.2) is 18.9 Å². The molecule has 0 bridgehead atoms. The van der Waals surface area contributed by atoms with Crippen LogP contribution in [0.1, 0.15) is 13.8 Å². The average molecular weight is 284 g/mol. The van der Waals surface area contributed by atoms with Crippen LogP contribution < -0.4 is 9.47 Å². The van der Waals surface area contributed by atoms with E-state index in [0.29, 0.717) is 12.4 Å². The number of ether oxygens (including phenoxy) is 2. The number of benzene rings is 1. The van der Waals surface area contributed by atoms with Gasteiger partial charge in [0.05, 0.1) is 6.61 Å². The number of hydrogen-bond donors (Lipinski definition) is 0. The van der Waals surface area contributed by atoms with Crippen molar-refractivity contribution >= 4 is 0 Å². The molecule has 0 saturated heterocycles. The molecule has 1 aromatic carbocycles. The first-order chi connectivity index (χ1) is 8.62. The van der Waals surface area contributed by atoms with Gasteiger partial charge in [-0.15, -0.1) is 0 Å². The molecule has 0 amide bonds. The molecule has 0 aliphatic carbocycles. The molecular weight excluding hydrogens is 271 g/mol. The molecule has 0 fully saturated rings. The van der Waals surface area contributed by atoms with Crippen molar-refractivity contribution in [2.45, 2.75) is 26.1 Å². The molecule has 108 valence electrons. The van der Waals surface area contributed by atoms with Crippen LogP contribution in [0.25, 0.3) is 0 Å². The lowest BCUT2D eigenvalue weighted by Crippen LogP contribution is -2.41. The van der Waals surface area contributed by atoms with Crippen molar-refractivity contribution in [2.75, 3.05) is 6.61 Å². The highest BCUT2D eigenvalue weighted by Gasteiger charge is 2.61. The van der Waals surface area contributed by atoms with Crippen LogP contribution in [0.3, 0.4) is 0 Å². The minimum atomic E-state index is -5.75. The Morgan fingerprint density at radius 3 is 1.84 bits per heavy atom. The van der Waals surface area contributed by atoms with E-state index in [1.165, 1.54) is 12.1 Å². The Balaban J connectivity index is 2.67. The van der Waals surface area contributed by atoms with Gasteiger partial charge in [-0.05, 0) is 30.2 Å². The molecule has 0 aromatic heterocycles. The van der Waals surface area contributed by atoms with Gasteiger partial charge >= 0.3 is 12.3 Å². The van der Waals surface area contributed by atoms with Crippen LogP contribution in [0.15, 0.2) is 24.3 Å². The Bertz CT molecular complexity index is 398. The maximum atomic E-state index is 12.6. The van der Waals surface area contributed by atoms with Crippen LogP contribution in [0.5, 0.6) is 11.5 Å². The zero-order valence-electron chi connectivity index (χ0n) is 10.3. The molecule has 1 aromatic rings. The lowest BCUT2D eigenvalue weighted by Gasteiger charge is -2.20. The molecule has 0 unspecified atom stereocenters. The second kappa shape index (κ2) is 5.63. The second-order valence-corrected chi connectivity index (χ2v) is 4.29. The van der Waals surface area contributed by atoms with E-state index >= 15 is 0 Å². The molecule has 0 aliphatic heterocycles. The molecule has 0 N–H and O–H groups in total. The monoisotopic (exact) mass is 284 g/mol. The average Bonchev–Trinajstić information content (AvgIpc) is 2.26. The summed E-state index contributed by atoms with van der Waals surface area (Å²) in [6.45, 7) is 4.25. The first-order valence-electron chi connectivity index (χ1n) is 5.48. The minimum absolute atomic E-state index is 0.269. The molecule has 0 radical (unpaired) electrons. The molecule has 2 nitrogen and oxygen atoms in total. The standard InChI is InChI=1S/C12H13F5O2/c1-8(2)7-18-9-3-5-10(6-4-9)19-12(16,17)11(13,14)15/h3-6,8H,7H2,1-2H3. The molecule has 7 heteroatoms. The maximum Gasteiger partial charge on any atom is 0.499 e. The fourth-order valence-corrected chi connectivity index (χ4v) is 1.07. The van der Waals surface area contributed by atoms with Gasteiger partial charge in [-0.25, -0.2) is 0 Å². The van der Waals surface area contributed by atoms with Gasteiger partial charge in [-0.3, -0.25) is 0 Å². The smallest absolute Gasteiger partial charge is 0.493 e. The first kappa shape index (κ1) is 15.5. The highest BCUT2D eigenvalue weighted by atomic mass is 19.4. The summed E-state index contributed by atoms with van der Waals surface area (Å²) in [6, 6.07) is 4.53. The van der Waals surface area contributed by atoms with Gasteiger partial charge in [0.2, 0.25) is 0 Å². The Kier molecular flexibility index (Phi) is 4.60. The van der Waals surface area contributed by atoms with Crippen LogP contribution >= 0.6 is 0 Å². The highest BCUT2D eigenvalue weighted by molar-refractivity contribution is 5.31. The van der Waals surface area contributed by atoms with Gasteiger partial charge in [-0.2, -0.15) is 22.0 Å². The Morgan fingerprint density at radius 1 is 0.947 bits per heavy atom. The topological polar surface area (TPSA) is 18.5 Å². The highest BCUT2D eigenvalue weighted by Crippen LogP contribution is 2.37. The van der Waals surface area contributed by atoms with Crippen molar-refractivity contribution in [1.82, 2.24) is 0 Å². The fraction of sp³-hybridized carbons (Fsp3) is 0.500. The predicted molar refractivity (Wildman–Crippen MR) is 58.4 cm³/mol. The van der Waals surface area contributed by atoms with Gasteiger partial charge in [0.25, 0.3) is 0 Å². The molecule has 0 aliphatic rings. The largest absolute Gasteiger partial charge is 0.499 e. The third-order valence-corrected chi connectivity index (χ3v) is 1.98. The summed E-state index contributed by atoms with van der Waals surface area (Å²) in [5.41, 5.74) is 0. The summed E-state index contributed by atoms with van der Waals surface area (Å²) >= 11 is 0. The fourth-order valence-electron chi connectivity index (χ4n) is 1.07. The van der Waals surface area contributed by atoms with Gasteiger partial charge in [0.1, 0.15) is 11.5 Å². The molecule has 0 saturated carbocycles. The molecule has 0 atom stereocenters. The van der Waals surface area contributed by atoms with Crippen LogP contribution in [-0.2, 0) is 0 Å². The maximum absolute atomic E-state index is 12.6. The normalized spacial score (nSPS) is 12.6. The van der Waals surface area contributed by atoms with Gasteiger partial charge in [-0.1, -0.05) is 13.8 Å². The van der Waals surface area contributed by atoms with Crippen LogP contribution in [0.2, 0.25) is 0 Å². The van der Waals surface area contributed by atoms with E-state index in [1.54, 1.807) is 0 Å². The number of hydrogen-bond acceptors (Lipinski definition) is 2. The zero-order chi connectivity index (χ0) is 14.7. The minimum Gasteiger partial charge on any atom is -0.493 e. The van der Waals surface area contributed by atoms with Crippen LogP contribution in [0, 0.1) is 5.92 Å². The SMILES string of the molecule is CC(C)COc1ccc(OC(F)(F)C(F)(F)F)cc1. The molecule has 1 rings (SSSR count). The number of halogens is 5. The van der Waals surface area contributed by atoms with Crippen molar-refractivity contribution < 1.29 is 31.4 Å². The Hall–Kier alpha value is -1.53. The molecule has 19 heavy (non-hydrogen) atoms. The van der Waals surface area contributed by atoms with E-state index in [4.69, 9.17) is 4.74 Å². The first-order valence-corrected chi connectivity index (χ1v) is 5.48.